The number of hydrogen-bond donors (Lipinski definition) is 1. The zero-order valence-electron chi connectivity index (χ0n) is 9.15. The van der Waals surface area contributed by atoms with Gasteiger partial charge >= 0.3 is 0 Å². The molecule has 0 spiro atoms. The normalized spacial score (nSPS) is 19.3. The monoisotopic (exact) mass is 217 g/mol. The van der Waals surface area contributed by atoms with E-state index in [9.17, 15) is 0 Å². The van der Waals surface area contributed by atoms with E-state index in [1.165, 1.54) is 0 Å². The van der Waals surface area contributed by atoms with E-state index in [0.717, 1.165) is 38.3 Å². The first kappa shape index (κ1) is 10.9. The van der Waals surface area contributed by atoms with Gasteiger partial charge in [-0.2, -0.15) is 5.26 Å². The van der Waals surface area contributed by atoms with Crippen molar-refractivity contribution in [2.45, 2.75) is 12.8 Å². The van der Waals surface area contributed by atoms with Crippen molar-refractivity contribution >= 4 is 5.69 Å². The quantitative estimate of drug-likeness (QED) is 0.835. The van der Waals surface area contributed by atoms with Gasteiger partial charge in [0, 0.05) is 26.0 Å². The molecule has 1 aromatic rings. The first-order valence-corrected chi connectivity index (χ1v) is 5.56. The topological polar surface area (TPSA) is 57.9 Å². The first-order chi connectivity index (χ1) is 7.90. The number of nitrogens with one attached hydrogen (secondary N) is 1. The molecule has 2 rings (SSSR count). The van der Waals surface area contributed by atoms with Crippen molar-refractivity contribution in [2.75, 3.05) is 25.1 Å². The van der Waals surface area contributed by atoms with Gasteiger partial charge in [-0.1, -0.05) is 0 Å². The molecule has 1 unspecified atom stereocenters. The van der Waals surface area contributed by atoms with Crippen LogP contribution in [0, 0.1) is 17.2 Å². The third-order valence-corrected chi connectivity index (χ3v) is 2.83. The Morgan fingerprint density at radius 3 is 3.31 bits per heavy atom. The zero-order valence-corrected chi connectivity index (χ0v) is 9.15. The van der Waals surface area contributed by atoms with E-state index >= 15 is 0 Å². The lowest BCUT2D eigenvalue weighted by molar-refractivity contribution is 0.185. The third-order valence-electron chi connectivity index (χ3n) is 2.83. The predicted molar refractivity (Wildman–Crippen MR) is 61.0 cm³/mol. The van der Waals surface area contributed by atoms with Crippen molar-refractivity contribution in [3.05, 3.63) is 24.0 Å². The Balaban J connectivity index is 1.82. The van der Waals surface area contributed by atoms with Crippen LogP contribution in [0.1, 0.15) is 18.4 Å². The minimum absolute atomic E-state index is 0.651. The van der Waals surface area contributed by atoms with Crippen LogP contribution in [0.25, 0.3) is 0 Å². The molecule has 1 saturated heterocycles. The van der Waals surface area contributed by atoms with Crippen LogP contribution >= 0.6 is 0 Å². The predicted octanol–water partition coefficient (Wildman–Crippen LogP) is 1.79. The molecule has 0 amide bonds. The van der Waals surface area contributed by atoms with Gasteiger partial charge in [0.15, 0.2) is 0 Å². The van der Waals surface area contributed by atoms with Gasteiger partial charge in [-0.25, -0.2) is 0 Å². The van der Waals surface area contributed by atoms with E-state index in [0.29, 0.717) is 11.5 Å². The zero-order chi connectivity index (χ0) is 11.2. The number of anilines is 1. The summed E-state index contributed by atoms with van der Waals surface area (Å²) in [5.41, 5.74) is 1.47. The molecule has 1 aromatic heterocycles. The summed E-state index contributed by atoms with van der Waals surface area (Å²) in [6.07, 6.45) is 5.57. The molecule has 1 N–H and O–H groups in total. The summed E-state index contributed by atoms with van der Waals surface area (Å²) in [5.74, 6) is 0.662. The Morgan fingerprint density at radius 1 is 1.62 bits per heavy atom. The van der Waals surface area contributed by atoms with E-state index in [4.69, 9.17) is 10.00 Å². The summed E-state index contributed by atoms with van der Waals surface area (Å²) in [6.45, 7) is 2.63. The molecule has 1 aliphatic heterocycles. The van der Waals surface area contributed by atoms with Crippen LogP contribution in [0.2, 0.25) is 0 Å². The molecule has 0 aliphatic carbocycles. The summed E-state index contributed by atoms with van der Waals surface area (Å²) >= 11 is 0. The average molecular weight is 217 g/mol. The van der Waals surface area contributed by atoms with Crippen molar-refractivity contribution in [3.63, 3.8) is 0 Å². The highest BCUT2D eigenvalue weighted by Crippen LogP contribution is 2.17. The summed E-state index contributed by atoms with van der Waals surface area (Å²) in [6, 6.07) is 3.87. The van der Waals surface area contributed by atoms with Crippen LogP contribution in [-0.4, -0.2) is 24.7 Å². The fourth-order valence-corrected chi connectivity index (χ4v) is 1.85. The highest BCUT2D eigenvalue weighted by Gasteiger charge is 2.14. The van der Waals surface area contributed by atoms with Crippen LogP contribution in [0.3, 0.4) is 0 Å². The third kappa shape index (κ3) is 2.71. The second kappa shape index (κ2) is 5.47. The second-order valence-corrected chi connectivity index (χ2v) is 3.98. The summed E-state index contributed by atoms with van der Waals surface area (Å²) in [7, 11) is 0. The molecule has 2 heterocycles. The fourth-order valence-electron chi connectivity index (χ4n) is 1.85. The smallest absolute Gasteiger partial charge is 0.101 e. The van der Waals surface area contributed by atoms with Gasteiger partial charge in [-0.05, 0) is 24.8 Å². The number of aromatic nitrogens is 1. The highest BCUT2D eigenvalue weighted by molar-refractivity contribution is 5.55. The molecule has 4 heteroatoms. The van der Waals surface area contributed by atoms with Crippen molar-refractivity contribution in [1.29, 1.82) is 5.26 Å². The van der Waals surface area contributed by atoms with Gasteiger partial charge in [0.05, 0.1) is 17.4 Å². The van der Waals surface area contributed by atoms with E-state index in [1.54, 1.807) is 18.5 Å². The molecule has 1 atom stereocenters. The van der Waals surface area contributed by atoms with Gasteiger partial charge in [0.2, 0.25) is 0 Å². The Morgan fingerprint density at radius 2 is 2.56 bits per heavy atom. The maximum atomic E-state index is 8.89. The van der Waals surface area contributed by atoms with Gasteiger partial charge in [0.25, 0.3) is 0 Å². The van der Waals surface area contributed by atoms with Crippen LogP contribution in [-0.2, 0) is 4.74 Å². The summed E-state index contributed by atoms with van der Waals surface area (Å²) < 4.78 is 5.31. The standard InChI is InChI=1S/C12H15N3O/c13-7-11-2-4-14-8-12(11)15-5-1-10-3-6-16-9-10/h2,4,8,10,15H,1,3,5-6,9H2. The molecule has 1 aliphatic rings. The second-order valence-electron chi connectivity index (χ2n) is 3.98. The van der Waals surface area contributed by atoms with Crippen molar-refractivity contribution in [2.24, 2.45) is 5.92 Å². The molecular weight excluding hydrogens is 202 g/mol. The number of pyridine rings is 1. The Kier molecular flexibility index (Phi) is 3.73. The van der Waals surface area contributed by atoms with E-state index in [2.05, 4.69) is 16.4 Å². The Bertz CT molecular complexity index is 380. The number of nitrogens with zero attached hydrogens (tertiary/aromatic N) is 2. The maximum Gasteiger partial charge on any atom is 0.101 e. The number of hydrogen-bond acceptors (Lipinski definition) is 4. The highest BCUT2D eigenvalue weighted by atomic mass is 16.5. The lowest BCUT2D eigenvalue weighted by Gasteiger charge is -2.10. The maximum absolute atomic E-state index is 8.89. The fraction of sp³-hybridized carbons (Fsp3) is 0.500. The summed E-state index contributed by atoms with van der Waals surface area (Å²) in [4.78, 5) is 4.01. The molecular formula is C12H15N3O. The summed E-state index contributed by atoms with van der Waals surface area (Å²) in [5, 5.41) is 12.1. The molecule has 0 saturated carbocycles. The Labute approximate surface area is 95.3 Å². The van der Waals surface area contributed by atoms with E-state index in [1.807, 2.05) is 0 Å². The van der Waals surface area contributed by atoms with E-state index in [-0.39, 0.29) is 0 Å². The number of rotatable bonds is 4. The molecule has 0 bridgehead atoms. The van der Waals surface area contributed by atoms with Gasteiger partial charge in [0.1, 0.15) is 6.07 Å². The minimum Gasteiger partial charge on any atom is -0.383 e. The molecule has 1 fully saturated rings. The van der Waals surface area contributed by atoms with Gasteiger partial charge < -0.3 is 10.1 Å². The van der Waals surface area contributed by atoms with Crippen LogP contribution in [0.15, 0.2) is 18.5 Å². The minimum atomic E-state index is 0.651. The van der Waals surface area contributed by atoms with E-state index < -0.39 is 0 Å². The lowest BCUT2D eigenvalue weighted by atomic mass is 10.1. The molecule has 0 radical (unpaired) electrons. The van der Waals surface area contributed by atoms with Crippen molar-refractivity contribution < 1.29 is 4.74 Å². The SMILES string of the molecule is N#Cc1ccncc1NCCC1CCOC1. The average Bonchev–Trinajstić information content (AvgIpc) is 2.83. The van der Waals surface area contributed by atoms with Crippen molar-refractivity contribution in [3.8, 4) is 6.07 Å². The van der Waals surface area contributed by atoms with Crippen LogP contribution in [0.4, 0.5) is 5.69 Å². The van der Waals surface area contributed by atoms with Gasteiger partial charge in [-0.3, -0.25) is 4.98 Å². The number of ether oxygens (including phenoxy) is 1. The molecule has 84 valence electrons. The largest absolute Gasteiger partial charge is 0.383 e. The van der Waals surface area contributed by atoms with Gasteiger partial charge in [-0.15, -0.1) is 0 Å². The molecule has 0 aromatic carbocycles. The Hall–Kier alpha value is -1.60. The van der Waals surface area contributed by atoms with Crippen LogP contribution < -0.4 is 5.32 Å². The first-order valence-electron chi connectivity index (χ1n) is 5.56. The lowest BCUT2D eigenvalue weighted by Crippen LogP contribution is -2.09. The molecule has 16 heavy (non-hydrogen) atoms. The van der Waals surface area contributed by atoms with Crippen molar-refractivity contribution in [1.82, 2.24) is 4.98 Å². The van der Waals surface area contributed by atoms with Crippen LogP contribution in [0.5, 0.6) is 0 Å². The number of nitriles is 1. The molecule has 4 nitrogen and oxygen atoms in total.